The van der Waals surface area contributed by atoms with Gasteiger partial charge in [0, 0.05) is 12.1 Å². The smallest absolute Gasteiger partial charge is 0.123 e. The van der Waals surface area contributed by atoms with E-state index < -0.39 is 0 Å². The maximum absolute atomic E-state index is 5.67. The lowest BCUT2D eigenvalue weighted by Crippen LogP contribution is -2.10. The second kappa shape index (κ2) is 6.81. The van der Waals surface area contributed by atoms with Crippen LogP contribution < -0.4 is 15.2 Å². The number of aryl methyl sites for hydroxylation is 1. The third-order valence-electron chi connectivity index (χ3n) is 2.82. The van der Waals surface area contributed by atoms with Crippen LogP contribution in [0.3, 0.4) is 0 Å². The van der Waals surface area contributed by atoms with Gasteiger partial charge in [0.1, 0.15) is 24.7 Å². The molecule has 0 fully saturated rings. The van der Waals surface area contributed by atoms with Crippen molar-refractivity contribution < 1.29 is 9.47 Å². The molecular formula is C16H19NO2. The highest BCUT2D eigenvalue weighted by Gasteiger charge is 2.00. The lowest BCUT2D eigenvalue weighted by Gasteiger charge is -2.11. The van der Waals surface area contributed by atoms with Gasteiger partial charge in [0.2, 0.25) is 0 Å². The van der Waals surface area contributed by atoms with Gasteiger partial charge in [0.05, 0.1) is 0 Å². The molecule has 2 rings (SSSR count). The molecule has 19 heavy (non-hydrogen) atoms. The summed E-state index contributed by atoms with van der Waals surface area (Å²) in [6, 6.07) is 15.8. The summed E-state index contributed by atoms with van der Waals surface area (Å²) in [6.45, 7) is 3.55. The Bertz CT molecular complexity index is 508. The third kappa shape index (κ3) is 4.00. The van der Waals surface area contributed by atoms with E-state index in [1.807, 2.05) is 48.5 Å². The van der Waals surface area contributed by atoms with Crippen molar-refractivity contribution in [3.63, 3.8) is 0 Å². The summed E-state index contributed by atoms with van der Waals surface area (Å²) < 4.78 is 11.3. The van der Waals surface area contributed by atoms with E-state index in [0.29, 0.717) is 19.8 Å². The minimum atomic E-state index is 0.481. The quantitative estimate of drug-likeness (QED) is 0.809. The Hall–Kier alpha value is -2.00. The van der Waals surface area contributed by atoms with Crippen LogP contribution in [0.1, 0.15) is 11.1 Å². The third-order valence-corrected chi connectivity index (χ3v) is 2.82. The molecule has 100 valence electrons. The van der Waals surface area contributed by atoms with Crippen LogP contribution in [-0.4, -0.2) is 13.2 Å². The zero-order chi connectivity index (χ0) is 13.5. The zero-order valence-electron chi connectivity index (χ0n) is 11.1. The van der Waals surface area contributed by atoms with Gasteiger partial charge in [0.25, 0.3) is 0 Å². The van der Waals surface area contributed by atoms with Crippen molar-refractivity contribution in [2.75, 3.05) is 13.2 Å². The number of rotatable bonds is 6. The standard InChI is InChI=1S/C16H19NO2/c1-13-6-8-15(9-7-13)18-10-11-19-16-5-3-2-4-14(16)12-17/h2-9H,10-12,17H2,1H3. The predicted octanol–water partition coefficient (Wildman–Crippen LogP) is 2.91. The molecule has 0 atom stereocenters. The molecular weight excluding hydrogens is 238 g/mol. The average molecular weight is 257 g/mol. The van der Waals surface area contributed by atoms with Gasteiger partial charge in [-0.25, -0.2) is 0 Å². The maximum Gasteiger partial charge on any atom is 0.123 e. The van der Waals surface area contributed by atoms with Crippen LogP contribution in [0.4, 0.5) is 0 Å². The first-order valence-corrected chi connectivity index (χ1v) is 6.40. The van der Waals surface area contributed by atoms with E-state index in [-0.39, 0.29) is 0 Å². The molecule has 0 saturated carbocycles. The van der Waals surface area contributed by atoms with Crippen molar-refractivity contribution in [3.05, 3.63) is 59.7 Å². The Morgan fingerprint density at radius 2 is 1.58 bits per heavy atom. The highest BCUT2D eigenvalue weighted by molar-refractivity contribution is 5.33. The molecule has 3 heteroatoms. The topological polar surface area (TPSA) is 44.5 Å². The van der Waals surface area contributed by atoms with Crippen molar-refractivity contribution in [2.45, 2.75) is 13.5 Å². The Balaban J connectivity index is 1.79. The van der Waals surface area contributed by atoms with Crippen LogP contribution in [0.15, 0.2) is 48.5 Å². The molecule has 0 aliphatic carbocycles. The number of hydrogen-bond donors (Lipinski definition) is 1. The van der Waals surface area contributed by atoms with Gasteiger partial charge in [-0.2, -0.15) is 0 Å². The lowest BCUT2D eigenvalue weighted by molar-refractivity contribution is 0.216. The fourth-order valence-corrected chi connectivity index (χ4v) is 1.76. The first-order chi connectivity index (χ1) is 9.29. The van der Waals surface area contributed by atoms with Crippen LogP contribution in [0.5, 0.6) is 11.5 Å². The van der Waals surface area contributed by atoms with E-state index in [4.69, 9.17) is 15.2 Å². The second-order valence-corrected chi connectivity index (χ2v) is 4.32. The molecule has 0 spiro atoms. The Morgan fingerprint density at radius 1 is 0.895 bits per heavy atom. The SMILES string of the molecule is Cc1ccc(OCCOc2ccccc2CN)cc1. The molecule has 0 heterocycles. The van der Waals surface area contributed by atoms with E-state index in [1.165, 1.54) is 5.56 Å². The highest BCUT2D eigenvalue weighted by Crippen LogP contribution is 2.17. The maximum atomic E-state index is 5.67. The largest absolute Gasteiger partial charge is 0.490 e. The number of ether oxygens (including phenoxy) is 2. The molecule has 0 bridgehead atoms. The first-order valence-electron chi connectivity index (χ1n) is 6.40. The Kier molecular flexibility index (Phi) is 4.81. The molecule has 0 aliphatic rings. The number of benzene rings is 2. The summed E-state index contributed by atoms with van der Waals surface area (Å²) >= 11 is 0. The van der Waals surface area contributed by atoms with Gasteiger partial charge in [-0.3, -0.25) is 0 Å². The minimum absolute atomic E-state index is 0.481. The zero-order valence-corrected chi connectivity index (χ0v) is 11.1. The molecule has 0 radical (unpaired) electrons. The van der Waals surface area contributed by atoms with E-state index >= 15 is 0 Å². The van der Waals surface area contributed by atoms with Crippen molar-refractivity contribution in [2.24, 2.45) is 5.73 Å². The highest BCUT2D eigenvalue weighted by atomic mass is 16.5. The van der Waals surface area contributed by atoms with Crippen molar-refractivity contribution >= 4 is 0 Å². The van der Waals surface area contributed by atoms with Crippen LogP contribution in [0, 0.1) is 6.92 Å². The van der Waals surface area contributed by atoms with Gasteiger partial charge in [0.15, 0.2) is 0 Å². The summed E-state index contributed by atoms with van der Waals surface area (Å²) in [4.78, 5) is 0. The molecule has 0 unspecified atom stereocenters. The van der Waals surface area contributed by atoms with Gasteiger partial charge in [-0.1, -0.05) is 35.9 Å². The van der Waals surface area contributed by atoms with Gasteiger partial charge in [-0.15, -0.1) is 0 Å². The Morgan fingerprint density at radius 3 is 2.32 bits per heavy atom. The van der Waals surface area contributed by atoms with Crippen LogP contribution in [0.25, 0.3) is 0 Å². The molecule has 3 nitrogen and oxygen atoms in total. The fraction of sp³-hybridized carbons (Fsp3) is 0.250. The van der Waals surface area contributed by atoms with E-state index in [9.17, 15) is 0 Å². The molecule has 2 aromatic rings. The average Bonchev–Trinajstić information content (AvgIpc) is 2.46. The molecule has 2 aromatic carbocycles. The fourth-order valence-electron chi connectivity index (χ4n) is 1.76. The normalized spacial score (nSPS) is 10.2. The second-order valence-electron chi connectivity index (χ2n) is 4.32. The van der Waals surface area contributed by atoms with Crippen LogP contribution in [0.2, 0.25) is 0 Å². The van der Waals surface area contributed by atoms with Gasteiger partial charge < -0.3 is 15.2 Å². The summed E-state index contributed by atoms with van der Waals surface area (Å²) in [7, 11) is 0. The van der Waals surface area contributed by atoms with Gasteiger partial charge >= 0.3 is 0 Å². The predicted molar refractivity (Wildman–Crippen MR) is 76.5 cm³/mol. The van der Waals surface area contributed by atoms with E-state index in [2.05, 4.69) is 6.92 Å². The molecule has 0 aliphatic heterocycles. The van der Waals surface area contributed by atoms with Crippen LogP contribution in [-0.2, 0) is 6.54 Å². The number of nitrogens with two attached hydrogens (primary N) is 1. The van der Waals surface area contributed by atoms with E-state index in [1.54, 1.807) is 0 Å². The first kappa shape index (κ1) is 13.4. The summed E-state index contributed by atoms with van der Waals surface area (Å²) in [5, 5.41) is 0. The van der Waals surface area contributed by atoms with Crippen molar-refractivity contribution in [3.8, 4) is 11.5 Å². The van der Waals surface area contributed by atoms with Crippen molar-refractivity contribution in [1.82, 2.24) is 0 Å². The number of hydrogen-bond acceptors (Lipinski definition) is 3. The molecule has 0 amide bonds. The Labute approximate surface area is 114 Å². The minimum Gasteiger partial charge on any atom is -0.490 e. The lowest BCUT2D eigenvalue weighted by atomic mass is 10.2. The van der Waals surface area contributed by atoms with Gasteiger partial charge in [-0.05, 0) is 25.1 Å². The van der Waals surface area contributed by atoms with Crippen LogP contribution >= 0.6 is 0 Å². The summed E-state index contributed by atoms with van der Waals surface area (Å²) in [5.41, 5.74) is 7.88. The monoisotopic (exact) mass is 257 g/mol. The molecule has 2 N–H and O–H groups in total. The van der Waals surface area contributed by atoms with Crippen molar-refractivity contribution in [1.29, 1.82) is 0 Å². The number of para-hydroxylation sites is 1. The van der Waals surface area contributed by atoms with E-state index in [0.717, 1.165) is 17.1 Å². The molecule has 0 aromatic heterocycles. The summed E-state index contributed by atoms with van der Waals surface area (Å²) in [6.07, 6.45) is 0. The molecule has 0 saturated heterocycles. The summed E-state index contributed by atoms with van der Waals surface area (Å²) in [5.74, 6) is 1.69.